The Morgan fingerprint density at radius 1 is 1.41 bits per heavy atom. The predicted molar refractivity (Wildman–Crippen MR) is 68.5 cm³/mol. The lowest BCUT2D eigenvalue weighted by Gasteiger charge is -2.11. The Hall–Kier alpha value is -1.18. The second-order valence-electron chi connectivity index (χ2n) is 4.89. The van der Waals surface area contributed by atoms with E-state index in [2.05, 4.69) is 6.92 Å². The predicted octanol–water partition coefficient (Wildman–Crippen LogP) is 4.07. The van der Waals surface area contributed by atoms with Crippen LogP contribution < -0.4 is 0 Å². The van der Waals surface area contributed by atoms with Crippen LogP contribution in [-0.2, 0) is 11.2 Å². The first-order valence-corrected chi connectivity index (χ1v) is 6.29. The van der Waals surface area contributed by atoms with Gasteiger partial charge in [-0.2, -0.15) is 0 Å². The smallest absolute Gasteiger partial charge is 0.133 e. The summed E-state index contributed by atoms with van der Waals surface area (Å²) in [6.45, 7) is 5.86. The molecule has 0 fully saturated rings. The van der Waals surface area contributed by atoms with Crippen molar-refractivity contribution in [3.8, 4) is 0 Å². The molecule has 1 aromatic carbocycles. The van der Waals surface area contributed by atoms with Crippen molar-refractivity contribution in [3.63, 3.8) is 0 Å². The highest BCUT2D eigenvalue weighted by Crippen LogP contribution is 2.16. The third kappa shape index (κ3) is 4.68. The highest BCUT2D eigenvalue weighted by Gasteiger charge is 2.10. The molecule has 0 amide bonds. The van der Waals surface area contributed by atoms with Gasteiger partial charge in [-0.3, -0.25) is 4.79 Å². The third-order valence-corrected chi connectivity index (χ3v) is 2.91. The maximum atomic E-state index is 13.1. The average Bonchev–Trinajstić information content (AvgIpc) is 2.23. The molecule has 0 aliphatic heterocycles. The lowest BCUT2D eigenvalue weighted by Crippen LogP contribution is -2.08. The Morgan fingerprint density at radius 2 is 2.12 bits per heavy atom. The van der Waals surface area contributed by atoms with E-state index >= 15 is 0 Å². The van der Waals surface area contributed by atoms with Crippen LogP contribution in [0.15, 0.2) is 18.2 Å². The molecule has 0 saturated heterocycles. The zero-order chi connectivity index (χ0) is 12.8. The van der Waals surface area contributed by atoms with E-state index in [4.69, 9.17) is 0 Å². The molecule has 0 spiro atoms. The number of hydrogen-bond acceptors (Lipinski definition) is 1. The second-order valence-corrected chi connectivity index (χ2v) is 4.89. The number of carbonyl (C=O) groups excluding carboxylic acids is 1. The molecule has 0 aromatic heterocycles. The van der Waals surface area contributed by atoms with E-state index in [1.807, 2.05) is 19.1 Å². The van der Waals surface area contributed by atoms with Crippen LogP contribution in [0.4, 0.5) is 4.39 Å². The summed E-state index contributed by atoms with van der Waals surface area (Å²) in [4.78, 5) is 11.5. The summed E-state index contributed by atoms with van der Waals surface area (Å²) in [5.41, 5.74) is 1.79. The maximum Gasteiger partial charge on any atom is 0.133 e. The van der Waals surface area contributed by atoms with Gasteiger partial charge in [-0.15, -0.1) is 0 Å². The van der Waals surface area contributed by atoms with Gasteiger partial charge in [-0.1, -0.05) is 26.0 Å². The van der Waals surface area contributed by atoms with E-state index in [9.17, 15) is 9.18 Å². The molecule has 0 radical (unpaired) electrons. The summed E-state index contributed by atoms with van der Waals surface area (Å²) >= 11 is 0. The summed E-state index contributed by atoms with van der Waals surface area (Å²) in [5, 5.41) is 0. The Morgan fingerprint density at radius 3 is 2.71 bits per heavy atom. The Kier molecular flexibility index (Phi) is 5.33. The monoisotopic (exact) mass is 236 g/mol. The molecular weight excluding hydrogens is 215 g/mol. The van der Waals surface area contributed by atoms with E-state index in [0.29, 0.717) is 30.1 Å². The lowest BCUT2D eigenvalue weighted by atomic mass is 9.94. The fourth-order valence-corrected chi connectivity index (χ4v) is 2.08. The molecule has 1 aromatic rings. The summed E-state index contributed by atoms with van der Waals surface area (Å²) in [6.07, 6.45) is 3.06. The minimum Gasteiger partial charge on any atom is -0.300 e. The van der Waals surface area contributed by atoms with Crippen LogP contribution in [0.3, 0.4) is 0 Å². The van der Waals surface area contributed by atoms with Gasteiger partial charge in [-0.05, 0) is 42.9 Å². The molecule has 17 heavy (non-hydrogen) atoms. The van der Waals surface area contributed by atoms with Crippen LogP contribution in [-0.4, -0.2) is 5.78 Å². The molecule has 1 nitrogen and oxygen atoms in total. The summed E-state index contributed by atoms with van der Waals surface area (Å²) in [6, 6.07) is 5.19. The molecule has 2 heteroatoms. The topological polar surface area (TPSA) is 17.1 Å². The molecule has 94 valence electrons. The van der Waals surface area contributed by atoms with Gasteiger partial charge in [0.15, 0.2) is 0 Å². The van der Waals surface area contributed by atoms with E-state index < -0.39 is 0 Å². The first-order chi connectivity index (χ1) is 8.02. The van der Waals surface area contributed by atoms with Crippen molar-refractivity contribution in [2.45, 2.75) is 46.5 Å². The quantitative estimate of drug-likeness (QED) is 0.727. The Bertz CT molecular complexity index is 385. The SMILES string of the molecule is CCCC(=O)CC(C)Cc1ccc(F)c(C)c1. The minimum absolute atomic E-state index is 0.163. The number of ketones is 1. The van der Waals surface area contributed by atoms with Crippen molar-refractivity contribution >= 4 is 5.78 Å². The standard InChI is InChI=1S/C15H21FO/c1-4-5-14(17)9-11(2)8-13-6-7-15(16)12(3)10-13/h6-7,10-11H,4-5,8-9H2,1-3H3. The van der Waals surface area contributed by atoms with Crippen LogP contribution in [0.2, 0.25) is 0 Å². The van der Waals surface area contributed by atoms with Gasteiger partial charge in [0.05, 0.1) is 0 Å². The van der Waals surface area contributed by atoms with Crippen molar-refractivity contribution in [1.82, 2.24) is 0 Å². The molecule has 0 bridgehead atoms. The van der Waals surface area contributed by atoms with Crippen molar-refractivity contribution < 1.29 is 9.18 Å². The summed E-state index contributed by atoms with van der Waals surface area (Å²) in [5.74, 6) is 0.501. The van der Waals surface area contributed by atoms with Gasteiger partial charge < -0.3 is 0 Å². The van der Waals surface area contributed by atoms with Crippen LogP contribution in [0.1, 0.15) is 44.2 Å². The van der Waals surface area contributed by atoms with Crippen molar-refractivity contribution in [2.75, 3.05) is 0 Å². The van der Waals surface area contributed by atoms with Crippen LogP contribution >= 0.6 is 0 Å². The second kappa shape index (κ2) is 6.53. The summed E-state index contributed by atoms with van der Waals surface area (Å²) in [7, 11) is 0. The van der Waals surface area contributed by atoms with E-state index in [0.717, 1.165) is 18.4 Å². The van der Waals surface area contributed by atoms with Gasteiger partial charge in [0.1, 0.15) is 11.6 Å². The highest BCUT2D eigenvalue weighted by atomic mass is 19.1. The van der Waals surface area contributed by atoms with Crippen LogP contribution in [0, 0.1) is 18.7 Å². The molecule has 0 heterocycles. The minimum atomic E-state index is -0.163. The number of benzene rings is 1. The van der Waals surface area contributed by atoms with Gasteiger partial charge in [0.25, 0.3) is 0 Å². The molecule has 0 aliphatic rings. The van der Waals surface area contributed by atoms with Gasteiger partial charge in [0.2, 0.25) is 0 Å². The van der Waals surface area contributed by atoms with Crippen LogP contribution in [0.5, 0.6) is 0 Å². The first kappa shape index (κ1) is 13.9. The zero-order valence-electron chi connectivity index (χ0n) is 10.9. The normalized spacial score (nSPS) is 12.5. The number of rotatable bonds is 6. The lowest BCUT2D eigenvalue weighted by molar-refractivity contribution is -0.119. The number of Topliss-reactive ketones (excluding diaryl/α,β-unsaturated/α-hetero) is 1. The van der Waals surface area contributed by atoms with Crippen molar-refractivity contribution in [3.05, 3.63) is 35.1 Å². The van der Waals surface area contributed by atoms with E-state index in [1.54, 1.807) is 6.92 Å². The number of hydrogen-bond donors (Lipinski definition) is 0. The van der Waals surface area contributed by atoms with Gasteiger partial charge in [0, 0.05) is 12.8 Å². The van der Waals surface area contributed by atoms with Crippen LogP contribution in [0.25, 0.3) is 0 Å². The van der Waals surface area contributed by atoms with E-state index in [1.165, 1.54) is 6.07 Å². The van der Waals surface area contributed by atoms with Crippen molar-refractivity contribution in [2.24, 2.45) is 5.92 Å². The Labute approximate surface area is 103 Å². The third-order valence-electron chi connectivity index (χ3n) is 2.91. The number of aryl methyl sites for hydroxylation is 1. The average molecular weight is 236 g/mol. The van der Waals surface area contributed by atoms with Gasteiger partial charge in [-0.25, -0.2) is 4.39 Å². The maximum absolute atomic E-state index is 13.1. The largest absolute Gasteiger partial charge is 0.300 e. The highest BCUT2D eigenvalue weighted by molar-refractivity contribution is 5.78. The van der Waals surface area contributed by atoms with Crippen molar-refractivity contribution in [1.29, 1.82) is 0 Å². The Balaban J connectivity index is 2.53. The number of carbonyl (C=O) groups is 1. The molecule has 1 rings (SSSR count). The molecule has 0 saturated carbocycles. The first-order valence-electron chi connectivity index (χ1n) is 6.29. The molecule has 0 N–H and O–H groups in total. The fourth-order valence-electron chi connectivity index (χ4n) is 2.08. The molecular formula is C15H21FO. The number of halogens is 1. The molecule has 1 unspecified atom stereocenters. The summed E-state index contributed by atoms with van der Waals surface area (Å²) < 4.78 is 13.1. The zero-order valence-corrected chi connectivity index (χ0v) is 10.9. The molecule has 0 aliphatic carbocycles. The fraction of sp³-hybridized carbons (Fsp3) is 0.533. The molecule has 1 atom stereocenters. The van der Waals surface area contributed by atoms with Gasteiger partial charge >= 0.3 is 0 Å². The van der Waals surface area contributed by atoms with E-state index in [-0.39, 0.29) is 5.82 Å².